The van der Waals surface area contributed by atoms with Crippen LogP contribution in [0, 0.1) is 11.8 Å². The van der Waals surface area contributed by atoms with Crippen molar-refractivity contribution in [2.24, 2.45) is 11.8 Å². The summed E-state index contributed by atoms with van der Waals surface area (Å²) in [6.07, 6.45) is 3.09. The van der Waals surface area contributed by atoms with E-state index in [0.717, 1.165) is 0 Å². The van der Waals surface area contributed by atoms with Gasteiger partial charge in [0, 0.05) is 0 Å². The molecule has 1 saturated carbocycles. The summed E-state index contributed by atoms with van der Waals surface area (Å²) in [5.41, 5.74) is 0. The lowest BCUT2D eigenvalue weighted by atomic mass is 10.3. The number of fused-ring (bicyclic) bond motifs is 1. The van der Waals surface area contributed by atoms with E-state index in [0.29, 0.717) is 0 Å². The maximum atomic E-state index is 2.14. The van der Waals surface area contributed by atoms with Gasteiger partial charge in [-0.3, -0.25) is 0 Å². The molecule has 0 nitrogen and oxygen atoms in total. The van der Waals surface area contributed by atoms with E-state index in [2.05, 4.69) is 11.8 Å². The average molecular weight is 114 g/mol. The molecule has 2 aliphatic rings. The first-order chi connectivity index (χ1) is 3.47. The second kappa shape index (κ2) is 1.41. The Morgan fingerprint density at radius 1 is 1.29 bits per heavy atom. The van der Waals surface area contributed by atoms with E-state index in [1.54, 1.807) is 6.42 Å². The summed E-state index contributed by atoms with van der Waals surface area (Å²) in [5.74, 6) is 5.27. The Morgan fingerprint density at radius 3 is 2.86 bits per heavy atom. The van der Waals surface area contributed by atoms with Crippen LogP contribution in [0.2, 0.25) is 0 Å². The molecule has 1 heteroatoms. The van der Waals surface area contributed by atoms with Gasteiger partial charge in [0.2, 0.25) is 0 Å². The first-order valence-electron chi connectivity index (χ1n) is 3.04. The Labute approximate surface area is 48.7 Å². The lowest BCUT2D eigenvalue weighted by Crippen LogP contribution is -1.96. The fourth-order valence-electron chi connectivity index (χ4n) is 1.34. The van der Waals surface area contributed by atoms with Crippen molar-refractivity contribution in [1.29, 1.82) is 0 Å². The Morgan fingerprint density at radius 2 is 2.29 bits per heavy atom. The van der Waals surface area contributed by atoms with E-state index in [4.69, 9.17) is 0 Å². The van der Waals surface area contributed by atoms with Gasteiger partial charge < -0.3 is 0 Å². The maximum absolute atomic E-state index is 2.14. The molecule has 0 unspecified atom stereocenters. The summed E-state index contributed by atoms with van der Waals surface area (Å²) in [6, 6.07) is 0. The smallest absolute Gasteiger partial charge is 0.00364 e. The van der Waals surface area contributed by atoms with Crippen LogP contribution in [-0.2, 0) is 0 Å². The van der Waals surface area contributed by atoms with Crippen LogP contribution < -0.4 is 0 Å². The van der Waals surface area contributed by atoms with Crippen LogP contribution in [0.25, 0.3) is 0 Å². The average Bonchev–Trinajstić information content (AvgIpc) is 2.41. The van der Waals surface area contributed by atoms with Crippen molar-refractivity contribution in [3.63, 3.8) is 0 Å². The topological polar surface area (TPSA) is 0 Å². The Bertz CT molecular complexity index is 70.2. The summed E-state index contributed by atoms with van der Waals surface area (Å²) in [6.45, 7) is 0. The molecule has 1 heterocycles. The van der Waals surface area contributed by atoms with Gasteiger partial charge in [0.25, 0.3) is 0 Å². The predicted molar refractivity (Wildman–Crippen MR) is 33.5 cm³/mol. The van der Waals surface area contributed by atoms with Crippen molar-refractivity contribution >= 4 is 11.8 Å². The molecule has 2 fully saturated rings. The van der Waals surface area contributed by atoms with E-state index in [-0.39, 0.29) is 0 Å². The Kier molecular flexibility index (Phi) is 0.857. The summed E-state index contributed by atoms with van der Waals surface area (Å²) < 4.78 is 0. The first kappa shape index (κ1) is 4.25. The van der Waals surface area contributed by atoms with Crippen molar-refractivity contribution in [1.82, 2.24) is 0 Å². The van der Waals surface area contributed by atoms with E-state index in [9.17, 15) is 0 Å². The number of hydrogen-bond acceptors (Lipinski definition) is 1. The van der Waals surface area contributed by atoms with Crippen LogP contribution in [0.1, 0.15) is 12.8 Å². The van der Waals surface area contributed by atoms with Crippen LogP contribution in [-0.4, -0.2) is 11.5 Å². The van der Waals surface area contributed by atoms with Gasteiger partial charge in [-0.25, -0.2) is 0 Å². The minimum absolute atomic E-state index is 1.17. The molecule has 1 aliphatic carbocycles. The quantitative estimate of drug-likeness (QED) is 0.462. The third-order valence-corrected chi connectivity index (χ3v) is 3.22. The van der Waals surface area contributed by atoms with Gasteiger partial charge >= 0.3 is 0 Å². The number of rotatable bonds is 0. The lowest BCUT2D eigenvalue weighted by molar-refractivity contribution is 0.718. The molecule has 0 spiro atoms. The molecule has 2 atom stereocenters. The maximum Gasteiger partial charge on any atom is -0.00364 e. The lowest BCUT2D eigenvalue weighted by Gasteiger charge is -2.05. The summed E-state index contributed by atoms with van der Waals surface area (Å²) >= 11 is 2.14. The third kappa shape index (κ3) is 0.674. The minimum Gasteiger partial charge on any atom is -0.162 e. The summed E-state index contributed by atoms with van der Waals surface area (Å²) in [7, 11) is 0. The zero-order valence-corrected chi connectivity index (χ0v) is 5.21. The molecule has 7 heavy (non-hydrogen) atoms. The molecule has 40 valence electrons. The molecule has 1 saturated heterocycles. The van der Waals surface area contributed by atoms with E-state index < -0.39 is 0 Å². The van der Waals surface area contributed by atoms with Crippen LogP contribution in [0.4, 0.5) is 0 Å². The van der Waals surface area contributed by atoms with E-state index in [1.807, 2.05) is 0 Å². The van der Waals surface area contributed by atoms with Crippen molar-refractivity contribution in [2.75, 3.05) is 11.5 Å². The molecular formula is C6H10S. The fraction of sp³-hybridized carbons (Fsp3) is 1.00. The Balaban J connectivity index is 1.95. The SMILES string of the molecule is C1C[C@@H]2C[C@@H]2CS1. The zero-order valence-electron chi connectivity index (χ0n) is 4.39. The largest absolute Gasteiger partial charge is 0.162 e. The summed E-state index contributed by atoms with van der Waals surface area (Å²) in [4.78, 5) is 0. The molecular weight excluding hydrogens is 104 g/mol. The molecule has 0 aromatic carbocycles. The highest BCUT2D eigenvalue weighted by molar-refractivity contribution is 7.99. The van der Waals surface area contributed by atoms with Crippen LogP contribution in [0.15, 0.2) is 0 Å². The third-order valence-electron chi connectivity index (χ3n) is 2.03. The summed E-state index contributed by atoms with van der Waals surface area (Å²) in [5, 5.41) is 0. The minimum atomic E-state index is 1.17. The molecule has 0 aromatic heterocycles. The zero-order chi connectivity index (χ0) is 4.69. The standard InChI is InChI=1S/C6H10S/c1-2-7-4-6-3-5(1)6/h5-6H,1-4H2/t5-,6-/m1/s1. The number of thioether (sulfide) groups is 1. The molecule has 1 aliphatic heterocycles. The van der Waals surface area contributed by atoms with Crippen LogP contribution in [0.3, 0.4) is 0 Å². The van der Waals surface area contributed by atoms with Gasteiger partial charge in [-0.2, -0.15) is 11.8 Å². The van der Waals surface area contributed by atoms with Crippen molar-refractivity contribution in [2.45, 2.75) is 12.8 Å². The second-order valence-electron chi connectivity index (χ2n) is 2.62. The monoisotopic (exact) mass is 114 g/mol. The van der Waals surface area contributed by atoms with E-state index in [1.165, 1.54) is 29.8 Å². The van der Waals surface area contributed by atoms with Crippen LogP contribution >= 0.6 is 11.8 Å². The highest BCUT2D eigenvalue weighted by atomic mass is 32.2. The molecule has 0 radical (unpaired) electrons. The van der Waals surface area contributed by atoms with Crippen molar-refractivity contribution in [3.05, 3.63) is 0 Å². The van der Waals surface area contributed by atoms with Gasteiger partial charge in [0.05, 0.1) is 0 Å². The molecule has 0 amide bonds. The highest BCUT2D eigenvalue weighted by Gasteiger charge is 2.38. The van der Waals surface area contributed by atoms with Gasteiger partial charge in [-0.1, -0.05) is 0 Å². The normalized spacial score (nSPS) is 48.0. The van der Waals surface area contributed by atoms with Crippen molar-refractivity contribution < 1.29 is 0 Å². The fourth-order valence-corrected chi connectivity index (χ4v) is 2.68. The predicted octanol–water partition coefficient (Wildman–Crippen LogP) is 1.76. The van der Waals surface area contributed by atoms with Crippen LogP contribution in [0.5, 0.6) is 0 Å². The van der Waals surface area contributed by atoms with Gasteiger partial charge in [-0.05, 0) is 36.2 Å². The van der Waals surface area contributed by atoms with Crippen molar-refractivity contribution in [3.8, 4) is 0 Å². The number of hydrogen-bond donors (Lipinski definition) is 0. The first-order valence-corrected chi connectivity index (χ1v) is 4.20. The highest BCUT2D eigenvalue weighted by Crippen LogP contribution is 2.47. The van der Waals surface area contributed by atoms with Gasteiger partial charge in [0.1, 0.15) is 0 Å². The molecule has 0 N–H and O–H groups in total. The van der Waals surface area contributed by atoms with E-state index >= 15 is 0 Å². The Hall–Kier alpha value is 0.350. The van der Waals surface area contributed by atoms with Gasteiger partial charge in [-0.15, -0.1) is 0 Å². The molecule has 0 bridgehead atoms. The molecule has 0 aromatic rings. The van der Waals surface area contributed by atoms with Gasteiger partial charge in [0.15, 0.2) is 0 Å². The molecule has 2 rings (SSSR count). The second-order valence-corrected chi connectivity index (χ2v) is 3.77.